The minimum atomic E-state index is -4.62. The third-order valence-corrected chi connectivity index (χ3v) is 3.57. The van der Waals surface area contributed by atoms with Gasteiger partial charge in [-0.2, -0.15) is 23.5 Å². The van der Waals surface area contributed by atoms with Gasteiger partial charge < -0.3 is 8.94 Å². The lowest BCUT2D eigenvalue weighted by atomic mass is 10.2. The Balaban J connectivity index is 1.82. The molecule has 1 N–H and O–H groups in total. The number of Topliss-reactive ketones (excluding diaryl/α,β-unsaturated/α-hetero) is 1. The molecule has 0 fully saturated rings. The molecule has 0 aliphatic carbocycles. The van der Waals surface area contributed by atoms with Crippen molar-refractivity contribution in [3.63, 3.8) is 0 Å². The van der Waals surface area contributed by atoms with Gasteiger partial charge in [0.1, 0.15) is 6.07 Å². The number of halogens is 4. The predicted octanol–water partition coefficient (Wildman–Crippen LogP) is 4.78. The average molecular weight is 409 g/mol. The fraction of sp³-hybridized carbons (Fsp3) is 0.0588. The molecule has 0 saturated carbocycles. The summed E-state index contributed by atoms with van der Waals surface area (Å²) in [7, 11) is 0. The Morgan fingerprint density at radius 2 is 2.04 bits per heavy atom. The van der Waals surface area contributed by atoms with E-state index < -0.39 is 23.2 Å². The summed E-state index contributed by atoms with van der Waals surface area (Å²) in [5.41, 5.74) is 0.178. The van der Waals surface area contributed by atoms with E-state index in [1.54, 1.807) is 18.2 Å². The molecule has 1 aromatic carbocycles. The van der Waals surface area contributed by atoms with Crippen molar-refractivity contribution in [1.29, 1.82) is 5.26 Å². The van der Waals surface area contributed by atoms with Gasteiger partial charge in [-0.3, -0.25) is 10.2 Å². The normalized spacial score (nSPS) is 11.9. The van der Waals surface area contributed by atoms with E-state index in [0.29, 0.717) is 5.76 Å². The summed E-state index contributed by atoms with van der Waals surface area (Å²) in [5.74, 6) is -0.420. The molecular weight excluding hydrogens is 401 g/mol. The molecule has 2 heterocycles. The number of alkyl halides is 3. The molecule has 0 aliphatic rings. The first-order chi connectivity index (χ1) is 13.3. The van der Waals surface area contributed by atoms with Crippen LogP contribution in [0.4, 0.5) is 18.9 Å². The molecule has 2 aromatic heterocycles. The summed E-state index contributed by atoms with van der Waals surface area (Å²) < 4.78 is 48.5. The summed E-state index contributed by atoms with van der Waals surface area (Å²) in [6.45, 7) is 0. The fourth-order valence-corrected chi connectivity index (χ4v) is 2.34. The number of furan rings is 1. The lowest BCUT2D eigenvalue weighted by Crippen LogP contribution is -2.14. The SMILES string of the molecule is N#CC(=NNc1cc(Cl)cc(C(F)(F)F)c1)C(=O)c1cc(-c2ccco2)on1. The van der Waals surface area contributed by atoms with Gasteiger partial charge in [0.25, 0.3) is 0 Å². The van der Waals surface area contributed by atoms with Gasteiger partial charge in [0.05, 0.1) is 17.5 Å². The lowest BCUT2D eigenvalue weighted by Gasteiger charge is -2.09. The number of rotatable bonds is 5. The molecule has 28 heavy (non-hydrogen) atoms. The maximum absolute atomic E-state index is 12.8. The van der Waals surface area contributed by atoms with Crippen molar-refractivity contribution in [3.8, 4) is 17.6 Å². The first kappa shape index (κ1) is 19.2. The summed E-state index contributed by atoms with van der Waals surface area (Å²) in [5, 5.41) is 16.0. The smallest absolute Gasteiger partial charge is 0.416 e. The van der Waals surface area contributed by atoms with E-state index in [-0.39, 0.29) is 22.2 Å². The molecule has 0 bridgehead atoms. The highest BCUT2D eigenvalue weighted by Gasteiger charge is 2.31. The van der Waals surface area contributed by atoms with Crippen molar-refractivity contribution in [2.24, 2.45) is 5.10 Å². The highest BCUT2D eigenvalue weighted by atomic mass is 35.5. The van der Waals surface area contributed by atoms with Crippen LogP contribution in [0.15, 0.2) is 56.7 Å². The van der Waals surface area contributed by atoms with Crippen molar-refractivity contribution in [1.82, 2.24) is 5.16 Å². The fourth-order valence-electron chi connectivity index (χ4n) is 2.10. The summed E-state index contributed by atoms with van der Waals surface area (Å²) >= 11 is 5.66. The standard InChI is InChI=1S/C17H8ClF3N4O3/c18-10-4-9(17(19,20)21)5-11(6-10)23-24-13(8-22)16(26)12-7-15(28-25-12)14-2-1-3-27-14/h1-7,23H. The molecule has 0 unspecified atom stereocenters. The largest absolute Gasteiger partial charge is 0.461 e. The number of carbonyl (C=O) groups is 1. The second-order valence-electron chi connectivity index (χ2n) is 5.29. The topological polar surface area (TPSA) is 104 Å². The zero-order valence-corrected chi connectivity index (χ0v) is 14.4. The molecular formula is C17H8ClF3N4O3. The maximum atomic E-state index is 12.8. The number of benzene rings is 1. The van der Waals surface area contributed by atoms with Crippen LogP contribution in [0.5, 0.6) is 0 Å². The van der Waals surface area contributed by atoms with Gasteiger partial charge in [-0.15, -0.1) is 0 Å². The number of carbonyl (C=O) groups excluding carboxylic acids is 1. The van der Waals surface area contributed by atoms with Crippen LogP contribution >= 0.6 is 11.6 Å². The molecule has 3 aromatic rings. The first-order valence-electron chi connectivity index (χ1n) is 7.45. The quantitative estimate of drug-likeness (QED) is 0.370. The molecule has 0 saturated heterocycles. The summed E-state index contributed by atoms with van der Waals surface area (Å²) in [4.78, 5) is 12.3. The Kier molecular flexibility index (Phi) is 5.19. The van der Waals surface area contributed by atoms with Gasteiger partial charge in [-0.25, -0.2) is 0 Å². The van der Waals surface area contributed by atoms with Gasteiger partial charge in [-0.05, 0) is 30.3 Å². The minimum Gasteiger partial charge on any atom is -0.461 e. The number of nitrogens with one attached hydrogen (secondary N) is 1. The minimum absolute atomic E-state index is 0.156. The number of hydrogen-bond acceptors (Lipinski definition) is 7. The van der Waals surface area contributed by atoms with E-state index in [0.717, 1.165) is 18.2 Å². The summed E-state index contributed by atoms with van der Waals surface area (Å²) in [6.07, 6.45) is -3.23. The van der Waals surface area contributed by atoms with E-state index in [1.807, 2.05) is 0 Å². The van der Waals surface area contributed by atoms with Crippen molar-refractivity contribution in [2.45, 2.75) is 6.18 Å². The van der Waals surface area contributed by atoms with Crippen LogP contribution in [0, 0.1) is 11.3 Å². The monoisotopic (exact) mass is 408 g/mol. The molecule has 7 nitrogen and oxygen atoms in total. The first-order valence-corrected chi connectivity index (χ1v) is 7.82. The number of hydrazone groups is 1. The van der Waals surface area contributed by atoms with Crippen molar-refractivity contribution < 1.29 is 26.9 Å². The Bertz CT molecular complexity index is 1080. The van der Waals surface area contributed by atoms with E-state index in [2.05, 4.69) is 15.7 Å². The number of nitrogens with zero attached hydrogens (tertiary/aromatic N) is 3. The molecule has 142 valence electrons. The van der Waals surface area contributed by atoms with Crippen molar-refractivity contribution >= 4 is 28.8 Å². The molecule has 0 spiro atoms. The zero-order valence-electron chi connectivity index (χ0n) is 13.6. The number of nitriles is 1. The lowest BCUT2D eigenvalue weighted by molar-refractivity contribution is -0.137. The molecule has 0 aliphatic heterocycles. The maximum Gasteiger partial charge on any atom is 0.416 e. The summed E-state index contributed by atoms with van der Waals surface area (Å²) in [6, 6.07) is 8.60. The van der Waals surface area contributed by atoms with E-state index in [9.17, 15) is 18.0 Å². The third kappa shape index (κ3) is 4.21. The van der Waals surface area contributed by atoms with Crippen molar-refractivity contribution in [3.05, 3.63) is 58.9 Å². The van der Waals surface area contributed by atoms with Crippen LogP contribution in [0.25, 0.3) is 11.5 Å². The van der Waals surface area contributed by atoms with Crippen molar-refractivity contribution in [2.75, 3.05) is 5.43 Å². The third-order valence-electron chi connectivity index (χ3n) is 3.35. The van der Waals surface area contributed by atoms with Crippen LogP contribution in [0.1, 0.15) is 16.1 Å². The number of aromatic nitrogens is 1. The molecule has 0 radical (unpaired) electrons. The molecule has 3 rings (SSSR count). The van der Waals surface area contributed by atoms with E-state index in [1.165, 1.54) is 12.3 Å². The van der Waals surface area contributed by atoms with Gasteiger partial charge in [0, 0.05) is 11.1 Å². The Hall–Kier alpha value is -3.58. The number of ketones is 1. The van der Waals surface area contributed by atoms with E-state index >= 15 is 0 Å². The van der Waals surface area contributed by atoms with Crippen LogP contribution in [-0.4, -0.2) is 16.7 Å². The van der Waals surface area contributed by atoms with Crippen LogP contribution in [0.2, 0.25) is 5.02 Å². The molecule has 0 atom stereocenters. The highest BCUT2D eigenvalue weighted by Crippen LogP contribution is 2.33. The van der Waals surface area contributed by atoms with Gasteiger partial charge in [-0.1, -0.05) is 16.8 Å². The van der Waals surface area contributed by atoms with Crippen LogP contribution in [0.3, 0.4) is 0 Å². The van der Waals surface area contributed by atoms with Gasteiger partial charge in [0.15, 0.2) is 11.5 Å². The Morgan fingerprint density at radius 3 is 2.68 bits per heavy atom. The van der Waals surface area contributed by atoms with Crippen LogP contribution < -0.4 is 5.43 Å². The Labute approximate surface area is 160 Å². The number of anilines is 1. The Morgan fingerprint density at radius 1 is 1.25 bits per heavy atom. The molecule has 0 amide bonds. The van der Waals surface area contributed by atoms with Gasteiger partial charge in [0.2, 0.25) is 17.3 Å². The second kappa shape index (κ2) is 7.58. The second-order valence-corrected chi connectivity index (χ2v) is 5.73. The van der Waals surface area contributed by atoms with Crippen LogP contribution in [-0.2, 0) is 6.18 Å². The zero-order chi connectivity index (χ0) is 20.3. The number of hydrogen-bond donors (Lipinski definition) is 1. The van der Waals surface area contributed by atoms with E-state index in [4.69, 9.17) is 25.8 Å². The molecule has 11 heteroatoms. The van der Waals surface area contributed by atoms with Gasteiger partial charge >= 0.3 is 6.18 Å². The average Bonchev–Trinajstić information content (AvgIpc) is 3.32. The predicted molar refractivity (Wildman–Crippen MR) is 91.7 cm³/mol. The highest BCUT2D eigenvalue weighted by molar-refractivity contribution is 6.51.